The Labute approximate surface area is 110 Å². The van der Waals surface area contributed by atoms with Gasteiger partial charge in [-0.25, -0.2) is 0 Å². The lowest BCUT2D eigenvalue weighted by Crippen LogP contribution is -2.39. The van der Waals surface area contributed by atoms with E-state index in [1.54, 1.807) is 0 Å². The molecule has 0 aliphatic rings. The molecule has 0 atom stereocenters. The van der Waals surface area contributed by atoms with Crippen molar-refractivity contribution in [3.63, 3.8) is 0 Å². The minimum Gasteiger partial charge on any atom is -0.480 e. The molecule has 0 fully saturated rings. The Morgan fingerprint density at radius 2 is 2.05 bits per heavy atom. The summed E-state index contributed by atoms with van der Waals surface area (Å²) in [5, 5.41) is 8.19. The van der Waals surface area contributed by atoms with Crippen LogP contribution in [-0.4, -0.2) is 52.4 Å². The highest BCUT2D eigenvalue weighted by Gasteiger charge is 2.33. The first-order valence-corrected chi connectivity index (χ1v) is 5.08. The summed E-state index contributed by atoms with van der Waals surface area (Å²) in [5.41, 5.74) is 0. The first kappa shape index (κ1) is 15.2. The predicted molar refractivity (Wildman–Crippen MR) is 57.3 cm³/mol. The van der Waals surface area contributed by atoms with E-state index < -0.39 is 36.5 Å². The summed E-state index contributed by atoms with van der Waals surface area (Å²) in [6.07, 6.45) is -4.62. The quantitative estimate of drug-likeness (QED) is 0.867. The molecule has 106 valence electrons. The molecule has 11 heteroatoms. The summed E-state index contributed by atoms with van der Waals surface area (Å²) in [4.78, 5) is 21.4. The normalized spacial score (nSPS) is 11.2. The summed E-state index contributed by atoms with van der Waals surface area (Å²) in [6.45, 7) is -2.48. The van der Waals surface area contributed by atoms with Crippen LogP contribution in [0.5, 0.6) is 6.01 Å². The van der Waals surface area contributed by atoms with Crippen LogP contribution in [0, 0.1) is 0 Å². The number of carbonyl (C=O) groups is 1. The van der Waals surface area contributed by atoms with Gasteiger partial charge in [-0.2, -0.15) is 28.1 Å². The van der Waals surface area contributed by atoms with E-state index in [4.69, 9.17) is 16.7 Å². The summed E-state index contributed by atoms with van der Waals surface area (Å²) in [7, 11) is 1.18. The fraction of sp³-hybridized carbons (Fsp3) is 0.500. The number of methoxy groups -OCH3 is 1. The zero-order chi connectivity index (χ0) is 14.6. The average Bonchev–Trinajstić information content (AvgIpc) is 2.24. The molecule has 7 nitrogen and oxygen atoms in total. The first-order valence-electron chi connectivity index (χ1n) is 4.70. The zero-order valence-electron chi connectivity index (χ0n) is 9.48. The second-order valence-corrected chi connectivity index (χ2v) is 3.59. The van der Waals surface area contributed by atoms with Crippen molar-refractivity contribution in [3.8, 4) is 6.01 Å². The van der Waals surface area contributed by atoms with Crippen LogP contribution in [0.1, 0.15) is 0 Å². The fourth-order valence-corrected chi connectivity index (χ4v) is 1.28. The Kier molecular flexibility index (Phi) is 4.70. The van der Waals surface area contributed by atoms with Gasteiger partial charge in [-0.3, -0.25) is 4.79 Å². The Hall–Kier alpha value is -1.84. The Balaban J connectivity index is 3.09. The molecular weight excluding hydrogens is 293 g/mol. The number of rotatable bonds is 5. The van der Waals surface area contributed by atoms with E-state index in [1.807, 2.05) is 0 Å². The number of carboxylic acid groups (broad SMARTS) is 1. The maximum atomic E-state index is 12.4. The van der Waals surface area contributed by atoms with E-state index in [0.29, 0.717) is 4.90 Å². The van der Waals surface area contributed by atoms with Crippen molar-refractivity contribution in [3.05, 3.63) is 5.28 Å². The van der Waals surface area contributed by atoms with E-state index >= 15 is 0 Å². The first-order chi connectivity index (χ1) is 8.71. The third-order valence-electron chi connectivity index (χ3n) is 1.74. The molecule has 0 aliphatic heterocycles. The van der Waals surface area contributed by atoms with Crippen molar-refractivity contribution in [2.45, 2.75) is 6.18 Å². The SMILES string of the molecule is COc1nc(Cl)nc(N(CC(=O)O)CC(F)(F)F)n1. The molecule has 1 heterocycles. The molecule has 0 spiro atoms. The number of ether oxygens (including phenoxy) is 1. The highest BCUT2D eigenvalue weighted by molar-refractivity contribution is 6.28. The van der Waals surface area contributed by atoms with E-state index in [1.165, 1.54) is 7.11 Å². The summed E-state index contributed by atoms with van der Waals surface area (Å²) in [5.74, 6) is -2.00. The lowest BCUT2D eigenvalue weighted by atomic mass is 10.5. The molecule has 0 unspecified atom stereocenters. The Morgan fingerprint density at radius 3 is 2.53 bits per heavy atom. The van der Waals surface area contributed by atoms with Gasteiger partial charge in [-0.15, -0.1) is 0 Å². The number of carboxylic acids is 1. The van der Waals surface area contributed by atoms with E-state index in [-0.39, 0.29) is 6.01 Å². The molecule has 0 amide bonds. The van der Waals surface area contributed by atoms with Crippen molar-refractivity contribution in [1.82, 2.24) is 15.0 Å². The molecule has 1 aromatic heterocycles. The van der Waals surface area contributed by atoms with Gasteiger partial charge in [0.25, 0.3) is 0 Å². The van der Waals surface area contributed by atoms with Crippen LogP contribution in [0.25, 0.3) is 0 Å². The number of hydrogen-bond donors (Lipinski definition) is 1. The van der Waals surface area contributed by atoms with Crippen molar-refractivity contribution < 1.29 is 27.8 Å². The summed E-state index contributed by atoms with van der Waals surface area (Å²) >= 11 is 5.48. The van der Waals surface area contributed by atoms with Crippen LogP contribution in [0.2, 0.25) is 5.28 Å². The number of halogens is 4. The highest BCUT2D eigenvalue weighted by Crippen LogP contribution is 2.21. The van der Waals surface area contributed by atoms with Gasteiger partial charge in [0.2, 0.25) is 11.2 Å². The summed E-state index contributed by atoms with van der Waals surface area (Å²) < 4.78 is 41.7. The van der Waals surface area contributed by atoms with Crippen LogP contribution >= 0.6 is 11.6 Å². The number of aromatic nitrogens is 3. The van der Waals surface area contributed by atoms with Crippen LogP contribution in [0.3, 0.4) is 0 Å². The third kappa shape index (κ3) is 5.12. The number of nitrogens with zero attached hydrogens (tertiary/aromatic N) is 4. The molecular formula is C8H8ClF3N4O3. The van der Waals surface area contributed by atoms with Gasteiger partial charge in [-0.1, -0.05) is 0 Å². The lowest BCUT2D eigenvalue weighted by Gasteiger charge is -2.21. The third-order valence-corrected chi connectivity index (χ3v) is 1.91. The summed E-state index contributed by atoms with van der Waals surface area (Å²) in [6, 6.07) is -0.312. The van der Waals surface area contributed by atoms with Crippen LogP contribution in [0.15, 0.2) is 0 Å². The zero-order valence-corrected chi connectivity index (χ0v) is 10.2. The molecule has 0 aromatic carbocycles. The van der Waals surface area contributed by atoms with E-state index in [2.05, 4.69) is 19.7 Å². The Bertz CT molecular complexity index is 471. The van der Waals surface area contributed by atoms with Gasteiger partial charge >= 0.3 is 18.2 Å². The van der Waals surface area contributed by atoms with Crippen molar-refractivity contribution >= 4 is 23.5 Å². The van der Waals surface area contributed by atoms with Crippen molar-refractivity contribution in [1.29, 1.82) is 0 Å². The lowest BCUT2D eigenvalue weighted by molar-refractivity contribution is -0.136. The second-order valence-electron chi connectivity index (χ2n) is 3.26. The van der Waals surface area contributed by atoms with Crippen molar-refractivity contribution in [2.24, 2.45) is 0 Å². The maximum absolute atomic E-state index is 12.4. The topological polar surface area (TPSA) is 88.4 Å². The van der Waals surface area contributed by atoms with Crippen LogP contribution in [-0.2, 0) is 4.79 Å². The van der Waals surface area contributed by atoms with Gasteiger partial charge < -0.3 is 14.7 Å². The largest absolute Gasteiger partial charge is 0.480 e. The molecule has 19 heavy (non-hydrogen) atoms. The monoisotopic (exact) mass is 300 g/mol. The maximum Gasteiger partial charge on any atom is 0.406 e. The molecule has 1 N–H and O–H groups in total. The molecule has 1 aromatic rings. The standard InChI is InChI=1S/C8H8ClF3N4O3/c1-19-7-14-5(9)13-6(15-7)16(2-4(17)18)3-8(10,11)12/h2-3H2,1H3,(H,17,18). The number of anilines is 1. The van der Waals surface area contributed by atoms with Crippen LogP contribution in [0.4, 0.5) is 19.1 Å². The number of hydrogen-bond acceptors (Lipinski definition) is 6. The van der Waals surface area contributed by atoms with Gasteiger partial charge in [-0.05, 0) is 11.6 Å². The minimum atomic E-state index is -4.62. The molecule has 0 saturated heterocycles. The van der Waals surface area contributed by atoms with Gasteiger partial charge in [0, 0.05) is 0 Å². The van der Waals surface area contributed by atoms with E-state index in [9.17, 15) is 18.0 Å². The molecule has 0 saturated carbocycles. The fourth-order valence-electron chi connectivity index (χ4n) is 1.13. The van der Waals surface area contributed by atoms with Gasteiger partial charge in [0.15, 0.2) is 0 Å². The molecule has 1 rings (SSSR count). The molecule has 0 aliphatic carbocycles. The Morgan fingerprint density at radius 1 is 1.42 bits per heavy atom. The van der Waals surface area contributed by atoms with Crippen LogP contribution < -0.4 is 9.64 Å². The van der Waals surface area contributed by atoms with Crippen molar-refractivity contribution in [2.75, 3.05) is 25.1 Å². The van der Waals surface area contributed by atoms with Gasteiger partial charge in [0.05, 0.1) is 7.11 Å². The smallest absolute Gasteiger partial charge is 0.406 e. The molecule has 0 radical (unpaired) electrons. The van der Waals surface area contributed by atoms with Gasteiger partial charge in [0.1, 0.15) is 13.1 Å². The number of alkyl halides is 3. The second kappa shape index (κ2) is 5.87. The number of aliphatic carboxylic acids is 1. The van der Waals surface area contributed by atoms with E-state index in [0.717, 1.165) is 0 Å². The minimum absolute atomic E-state index is 0.312. The highest BCUT2D eigenvalue weighted by atomic mass is 35.5. The average molecular weight is 301 g/mol. The predicted octanol–water partition coefficient (Wildman–Crippen LogP) is 0.987. The molecule has 0 bridgehead atoms.